The van der Waals surface area contributed by atoms with Crippen molar-refractivity contribution in [3.8, 4) is 0 Å². The van der Waals surface area contributed by atoms with Crippen LogP contribution < -0.4 is 5.32 Å². The van der Waals surface area contributed by atoms with Gasteiger partial charge in [-0.05, 0) is 42.2 Å². The molecule has 0 aliphatic heterocycles. The van der Waals surface area contributed by atoms with Crippen LogP contribution in [0, 0.1) is 5.82 Å². The highest BCUT2D eigenvalue weighted by Crippen LogP contribution is 2.24. The number of rotatable bonds is 5. The van der Waals surface area contributed by atoms with E-state index >= 15 is 0 Å². The summed E-state index contributed by atoms with van der Waals surface area (Å²) < 4.78 is 14.7. The van der Waals surface area contributed by atoms with Crippen LogP contribution in [0.4, 0.5) is 10.2 Å². The molecule has 134 valence electrons. The van der Waals surface area contributed by atoms with Crippen LogP contribution in [0.15, 0.2) is 53.6 Å². The molecule has 0 aliphatic carbocycles. The van der Waals surface area contributed by atoms with Crippen molar-refractivity contribution >= 4 is 46.7 Å². The van der Waals surface area contributed by atoms with Crippen LogP contribution in [0.25, 0.3) is 0 Å². The van der Waals surface area contributed by atoms with Gasteiger partial charge in [0.05, 0.1) is 17.1 Å². The Balaban J connectivity index is 1.73. The van der Waals surface area contributed by atoms with Gasteiger partial charge in [0.15, 0.2) is 5.82 Å². The standard InChI is InChI=1S/C18H14Cl2FN3OS/c1-26-13-4-5-15(19)14(9-13)18(25)22-17-6-7-24(23-17)10-11-2-3-12(21)8-16(11)20/h2-9H,10H2,1H3,(H,22,23,25). The molecule has 1 amide bonds. The highest BCUT2D eigenvalue weighted by molar-refractivity contribution is 7.98. The Bertz CT molecular complexity index is 961. The second-order valence-corrected chi connectivity index (χ2v) is 7.13. The van der Waals surface area contributed by atoms with Crippen molar-refractivity contribution in [2.45, 2.75) is 11.4 Å². The van der Waals surface area contributed by atoms with Gasteiger partial charge >= 0.3 is 0 Å². The molecule has 0 fully saturated rings. The van der Waals surface area contributed by atoms with Crippen LogP contribution in [0.5, 0.6) is 0 Å². The van der Waals surface area contributed by atoms with E-state index in [4.69, 9.17) is 23.2 Å². The van der Waals surface area contributed by atoms with Crippen molar-refractivity contribution in [1.82, 2.24) is 9.78 Å². The number of hydrogen-bond donors (Lipinski definition) is 1. The van der Waals surface area contributed by atoms with Crippen LogP contribution in [0.3, 0.4) is 0 Å². The molecule has 2 aromatic carbocycles. The van der Waals surface area contributed by atoms with Crippen molar-refractivity contribution in [1.29, 1.82) is 0 Å². The van der Waals surface area contributed by atoms with Gasteiger partial charge in [-0.2, -0.15) is 5.10 Å². The average molecular weight is 410 g/mol. The van der Waals surface area contributed by atoms with E-state index in [2.05, 4.69) is 10.4 Å². The summed E-state index contributed by atoms with van der Waals surface area (Å²) in [5.41, 5.74) is 1.11. The van der Waals surface area contributed by atoms with Gasteiger partial charge in [-0.25, -0.2) is 4.39 Å². The van der Waals surface area contributed by atoms with E-state index < -0.39 is 5.82 Å². The van der Waals surface area contributed by atoms with Gasteiger partial charge in [0.1, 0.15) is 5.82 Å². The monoisotopic (exact) mass is 409 g/mol. The zero-order chi connectivity index (χ0) is 18.7. The van der Waals surface area contributed by atoms with Crippen LogP contribution >= 0.6 is 35.0 Å². The van der Waals surface area contributed by atoms with E-state index in [-0.39, 0.29) is 5.91 Å². The molecule has 1 aromatic heterocycles. The normalized spacial score (nSPS) is 10.8. The Labute approximate surface area is 164 Å². The number of carbonyl (C=O) groups excluding carboxylic acids is 1. The maximum Gasteiger partial charge on any atom is 0.258 e. The SMILES string of the molecule is CSc1ccc(Cl)c(C(=O)Nc2ccn(Cc3ccc(F)cc3Cl)n2)c1. The van der Waals surface area contributed by atoms with Crippen molar-refractivity contribution in [3.63, 3.8) is 0 Å². The third-order valence-electron chi connectivity index (χ3n) is 3.65. The molecule has 0 unspecified atom stereocenters. The number of halogens is 3. The van der Waals surface area contributed by atoms with Crippen LogP contribution in [0.1, 0.15) is 15.9 Å². The Hall–Kier alpha value is -2.02. The molecular formula is C18H14Cl2FN3OS. The molecule has 26 heavy (non-hydrogen) atoms. The number of aromatic nitrogens is 2. The highest BCUT2D eigenvalue weighted by Gasteiger charge is 2.13. The van der Waals surface area contributed by atoms with Crippen molar-refractivity contribution < 1.29 is 9.18 Å². The van der Waals surface area contributed by atoms with Gasteiger partial charge < -0.3 is 5.32 Å². The fourth-order valence-electron chi connectivity index (χ4n) is 2.33. The maximum absolute atomic E-state index is 13.1. The minimum Gasteiger partial charge on any atom is -0.305 e. The van der Waals surface area contributed by atoms with E-state index in [1.54, 1.807) is 35.1 Å². The van der Waals surface area contributed by atoms with Gasteiger partial charge in [-0.1, -0.05) is 29.3 Å². The molecule has 0 bridgehead atoms. The minimum atomic E-state index is -0.392. The third-order valence-corrected chi connectivity index (χ3v) is 5.05. The molecule has 1 N–H and O–H groups in total. The predicted molar refractivity (Wildman–Crippen MR) is 104 cm³/mol. The largest absolute Gasteiger partial charge is 0.305 e. The number of hydrogen-bond acceptors (Lipinski definition) is 3. The third kappa shape index (κ3) is 4.38. The number of benzene rings is 2. The average Bonchev–Trinajstić information content (AvgIpc) is 3.04. The molecule has 0 radical (unpaired) electrons. The summed E-state index contributed by atoms with van der Waals surface area (Å²) in [5, 5.41) is 7.71. The van der Waals surface area contributed by atoms with Crippen molar-refractivity contribution in [3.05, 3.63) is 75.7 Å². The predicted octanol–water partition coefficient (Wildman–Crippen LogP) is 5.35. The lowest BCUT2D eigenvalue weighted by atomic mass is 10.2. The maximum atomic E-state index is 13.1. The molecule has 0 saturated heterocycles. The number of amides is 1. The van der Waals surface area contributed by atoms with Crippen LogP contribution in [-0.2, 0) is 6.54 Å². The molecule has 0 saturated carbocycles. The molecule has 0 atom stereocenters. The molecular weight excluding hydrogens is 396 g/mol. The first-order chi connectivity index (χ1) is 12.5. The first-order valence-electron chi connectivity index (χ1n) is 7.58. The summed E-state index contributed by atoms with van der Waals surface area (Å²) >= 11 is 13.7. The quantitative estimate of drug-likeness (QED) is 0.577. The summed E-state index contributed by atoms with van der Waals surface area (Å²) in [4.78, 5) is 13.4. The fourth-order valence-corrected chi connectivity index (χ4v) is 3.20. The lowest BCUT2D eigenvalue weighted by Crippen LogP contribution is -2.13. The molecule has 8 heteroatoms. The van der Waals surface area contributed by atoms with Gasteiger partial charge in [-0.3, -0.25) is 9.48 Å². The molecule has 1 heterocycles. The smallest absolute Gasteiger partial charge is 0.258 e. The Morgan fingerprint density at radius 2 is 2.00 bits per heavy atom. The van der Waals surface area contributed by atoms with Crippen LogP contribution in [-0.4, -0.2) is 21.9 Å². The number of nitrogens with zero attached hydrogens (tertiary/aromatic N) is 2. The Morgan fingerprint density at radius 3 is 2.73 bits per heavy atom. The zero-order valence-electron chi connectivity index (χ0n) is 13.7. The van der Waals surface area contributed by atoms with E-state index in [1.807, 2.05) is 12.3 Å². The lowest BCUT2D eigenvalue weighted by molar-refractivity contribution is 0.102. The van der Waals surface area contributed by atoms with Gasteiger partial charge in [-0.15, -0.1) is 11.8 Å². The summed E-state index contributed by atoms with van der Waals surface area (Å²) in [5.74, 6) is -0.341. The van der Waals surface area contributed by atoms with E-state index in [0.717, 1.165) is 10.5 Å². The van der Waals surface area contributed by atoms with Crippen molar-refractivity contribution in [2.24, 2.45) is 0 Å². The van der Waals surface area contributed by atoms with E-state index in [1.165, 1.54) is 23.9 Å². The Kier molecular flexibility index (Phi) is 5.86. The Morgan fingerprint density at radius 1 is 1.19 bits per heavy atom. The second-order valence-electron chi connectivity index (χ2n) is 5.43. The first-order valence-corrected chi connectivity index (χ1v) is 9.56. The first kappa shape index (κ1) is 18.8. The topological polar surface area (TPSA) is 46.9 Å². The fraction of sp³-hybridized carbons (Fsp3) is 0.111. The molecule has 3 rings (SSSR count). The summed E-state index contributed by atoms with van der Waals surface area (Å²) in [6.45, 7) is 0.359. The number of carbonyl (C=O) groups is 1. The minimum absolute atomic E-state index is 0.326. The zero-order valence-corrected chi connectivity index (χ0v) is 16.0. The van der Waals surface area contributed by atoms with E-state index in [0.29, 0.717) is 28.0 Å². The van der Waals surface area contributed by atoms with Crippen LogP contribution in [0.2, 0.25) is 10.0 Å². The van der Waals surface area contributed by atoms with Gasteiger partial charge in [0.2, 0.25) is 0 Å². The van der Waals surface area contributed by atoms with Gasteiger partial charge in [0, 0.05) is 22.2 Å². The number of thioether (sulfide) groups is 1. The molecule has 3 aromatic rings. The summed E-state index contributed by atoms with van der Waals surface area (Å²) in [6, 6.07) is 11.1. The number of anilines is 1. The molecule has 0 spiro atoms. The summed E-state index contributed by atoms with van der Waals surface area (Å²) in [6.07, 6.45) is 3.63. The lowest BCUT2D eigenvalue weighted by Gasteiger charge is -2.07. The van der Waals surface area contributed by atoms with Gasteiger partial charge in [0.25, 0.3) is 5.91 Å². The second kappa shape index (κ2) is 8.12. The number of nitrogens with one attached hydrogen (secondary N) is 1. The molecule has 0 aliphatic rings. The van der Waals surface area contributed by atoms with E-state index in [9.17, 15) is 9.18 Å². The van der Waals surface area contributed by atoms with Crippen molar-refractivity contribution in [2.75, 3.05) is 11.6 Å². The molecule has 4 nitrogen and oxygen atoms in total. The highest BCUT2D eigenvalue weighted by atomic mass is 35.5. The summed E-state index contributed by atoms with van der Waals surface area (Å²) in [7, 11) is 0.